The molecule has 0 spiro atoms. The van der Waals surface area contributed by atoms with Crippen LogP contribution in [0.15, 0.2) is 117 Å². The summed E-state index contributed by atoms with van der Waals surface area (Å²) in [7, 11) is 1.56. The van der Waals surface area contributed by atoms with Crippen LogP contribution >= 0.6 is 38.9 Å². The Balaban J connectivity index is 1.49. The Hall–Kier alpha value is -4.44. The van der Waals surface area contributed by atoms with Crippen LogP contribution in [0.1, 0.15) is 35.2 Å². The second kappa shape index (κ2) is 13.9. The van der Waals surface area contributed by atoms with Crippen molar-refractivity contribution in [2.75, 3.05) is 13.7 Å². The smallest absolute Gasteiger partial charge is 0.338 e. The zero-order valence-electron chi connectivity index (χ0n) is 24.9. The summed E-state index contributed by atoms with van der Waals surface area (Å²) in [6.07, 6.45) is 1.78. The molecule has 6 rings (SSSR count). The molecule has 0 N–H and O–H groups in total. The van der Waals surface area contributed by atoms with Crippen molar-refractivity contribution in [3.05, 3.63) is 154 Å². The van der Waals surface area contributed by atoms with Crippen LogP contribution in [0.25, 0.3) is 11.8 Å². The molecule has 5 aromatic rings. The molecular formula is C36H28BrClN2O5S. The molecule has 0 unspecified atom stereocenters. The van der Waals surface area contributed by atoms with Crippen LogP contribution in [0.4, 0.5) is 0 Å². The number of aromatic nitrogens is 1. The van der Waals surface area contributed by atoms with Gasteiger partial charge < -0.3 is 14.2 Å². The Morgan fingerprint density at radius 2 is 1.72 bits per heavy atom. The molecule has 7 nitrogen and oxygen atoms in total. The molecule has 0 saturated heterocycles. The summed E-state index contributed by atoms with van der Waals surface area (Å²) in [5.74, 6) is 0.476. The molecule has 1 aliphatic rings. The monoisotopic (exact) mass is 714 g/mol. The van der Waals surface area contributed by atoms with Crippen LogP contribution in [-0.4, -0.2) is 24.3 Å². The lowest BCUT2D eigenvalue weighted by Crippen LogP contribution is -2.39. The van der Waals surface area contributed by atoms with Crippen molar-refractivity contribution in [2.24, 2.45) is 4.99 Å². The third kappa shape index (κ3) is 6.31. The molecule has 1 atom stereocenters. The van der Waals surface area contributed by atoms with E-state index in [1.165, 1.54) is 11.3 Å². The lowest BCUT2D eigenvalue weighted by atomic mass is 9.93. The van der Waals surface area contributed by atoms with Gasteiger partial charge >= 0.3 is 5.97 Å². The number of hydrogen-bond acceptors (Lipinski definition) is 7. The van der Waals surface area contributed by atoms with E-state index in [-0.39, 0.29) is 18.8 Å². The summed E-state index contributed by atoms with van der Waals surface area (Å²) in [4.78, 5) is 33.2. The maximum atomic E-state index is 14.2. The summed E-state index contributed by atoms with van der Waals surface area (Å²) in [6, 6.07) is 29.3. The summed E-state index contributed by atoms with van der Waals surface area (Å²) in [5.41, 5.74) is 3.58. The van der Waals surface area contributed by atoms with Crippen LogP contribution in [0.5, 0.6) is 11.5 Å². The number of hydrogen-bond donors (Lipinski definition) is 0. The molecule has 4 aromatic carbocycles. The van der Waals surface area contributed by atoms with E-state index in [1.54, 1.807) is 30.7 Å². The number of esters is 1. The first-order valence-corrected chi connectivity index (χ1v) is 16.5. The lowest BCUT2D eigenvalue weighted by Gasteiger charge is -2.25. The van der Waals surface area contributed by atoms with E-state index in [2.05, 4.69) is 15.9 Å². The van der Waals surface area contributed by atoms with Crippen LogP contribution in [0.2, 0.25) is 5.02 Å². The number of nitrogens with zero attached hydrogens (tertiary/aromatic N) is 2. The maximum absolute atomic E-state index is 14.2. The number of thiazole rings is 1. The summed E-state index contributed by atoms with van der Waals surface area (Å²) in [5, 5.41) is 0.611. The third-order valence-electron chi connectivity index (χ3n) is 7.37. The predicted octanol–water partition coefficient (Wildman–Crippen LogP) is 6.94. The lowest BCUT2D eigenvalue weighted by molar-refractivity contribution is -0.138. The zero-order valence-corrected chi connectivity index (χ0v) is 28.1. The third-order valence-corrected chi connectivity index (χ3v) is 9.31. The van der Waals surface area contributed by atoms with Gasteiger partial charge in [-0.15, -0.1) is 0 Å². The van der Waals surface area contributed by atoms with Gasteiger partial charge in [0.1, 0.15) is 6.61 Å². The minimum Gasteiger partial charge on any atom is -0.493 e. The largest absolute Gasteiger partial charge is 0.493 e. The van der Waals surface area contributed by atoms with Crippen LogP contribution < -0.4 is 24.4 Å². The Labute approximate surface area is 282 Å². The molecule has 0 saturated carbocycles. The SMILES string of the molecule is CCOC(=O)C1=C(c2ccccc2)N=c2s/c(=C\c3cc(Br)c(OCc4ccccc4Cl)c(OC)c3)c(=O)n2[C@@H]1c1ccccc1. The van der Waals surface area contributed by atoms with E-state index >= 15 is 0 Å². The minimum atomic E-state index is -0.740. The fourth-order valence-electron chi connectivity index (χ4n) is 5.27. The van der Waals surface area contributed by atoms with Gasteiger partial charge in [0, 0.05) is 16.1 Å². The van der Waals surface area contributed by atoms with Crippen molar-refractivity contribution in [3.63, 3.8) is 0 Å². The standard InChI is InChI=1S/C36H28BrClN2O5S/c1-3-44-35(42)30-31(23-12-6-4-7-13-23)39-36-40(32(30)24-14-8-5-9-15-24)34(41)29(46-36)20-22-18-26(37)33(28(19-22)43-2)45-21-25-16-10-11-17-27(25)38/h4-20,32H,3,21H2,1-2H3/b29-20-/t32-/m1/s1. The van der Waals surface area contributed by atoms with E-state index in [9.17, 15) is 9.59 Å². The zero-order chi connectivity index (χ0) is 32.2. The molecule has 10 heteroatoms. The quantitative estimate of drug-likeness (QED) is 0.155. The number of carbonyl (C=O) groups is 1. The molecule has 1 aliphatic heterocycles. The van der Waals surface area contributed by atoms with Crippen molar-refractivity contribution in [1.29, 1.82) is 0 Å². The van der Waals surface area contributed by atoms with Crippen LogP contribution in [-0.2, 0) is 16.1 Å². The minimum absolute atomic E-state index is 0.186. The predicted molar refractivity (Wildman–Crippen MR) is 184 cm³/mol. The van der Waals surface area contributed by atoms with Gasteiger partial charge in [0.05, 0.1) is 40.0 Å². The molecular weight excluding hydrogens is 688 g/mol. The molecule has 0 fully saturated rings. The molecule has 0 aliphatic carbocycles. The average Bonchev–Trinajstić information content (AvgIpc) is 3.38. The van der Waals surface area contributed by atoms with Gasteiger partial charge in [-0.25, -0.2) is 9.79 Å². The highest BCUT2D eigenvalue weighted by Crippen LogP contribution is 2.38. The first-order valence-electron chi connectivity index (χ1n) is 14.5. The molecule has 0 amide bonds. The van der Waals surface area contributed by atoms with Gasteiger partial charge in [-0.2, -0.15) is 0 Å². The number of rotatable bonds is 9. The highest BCUT2D eigenvalue weighted by molar-refractivity contribution is 9.10. The van der Waals surface area contributed by atoms with Crippen molar-refractivity contribution in [2.45, 2.75) is 19.6 Å². The first-order chi connectivity index (χ1) is 22.4. The number of benzene rings is 4. The van der Waals surface area contributed by atoms with Crippen molar-refractivity contribution >= 4 is 56.6 Å². The Bertz CT molecular complexity index is 2130. The van der Waals surface area contributed by atoms with Crippen LogP contribution in [0.3, 0.4) is 0 Å². The molecule has 2 heterocycles. The average molecular weight is 716 g/mol. The normalized spacial score (nSPS) is 14.4. The highest BCUT2D eigenvalue weighted by Gasteiger charge is 2.35. The highest BCUT2D eigenvalue weighted by atomic mass is 79.9. The molecule has 232 valence electrons. The van der Waals surface area contributed by atoms with Gasteiger partial charge in [0.2, 0.25) is 0 Å². The second-order valence-corrected chi connectivity index (χ2v) is 12.5. The summed E-state index contributed by atoms with van der Waals surface area (Å²) in [6.45, 7) is 2.19. The topological polar surface area (TPSA) is 79.1 Å². The Morgan fingerprint density at radius 3 is 2.41 bits per heavy atom. The van der Waals surface area contributed by atoms with E-state index in [1.807, 2.05) is 91.0 Å². The maximum Gasteiger partial charge on any atom is 0.338 e. The molecule has 0 radical (unpaired) electrons. The van der Waals surface area contributed by atoms with Gasteiger partial charge in [0.15, 0.2) is 16.3 Å². The van der Waals surface area contributed by atoms with Crippen LogP contribution in [0, 0.1) is 0 Å². The second-order valence-electron chi connectivity index (χ2n) is 10.3. The Morgan fingerprint density at radius 1 is 1.02 bits per heavy atom. The van der Waals surface area contributed by atoms with Gasteiger partial charge in [-0.05, 0) is 58.3 Å². The van der Waals surface area contributed by atoms with Gasteiger partial charge in [0.25, 0.3) is 5.56 Å². The van der Waals surface area contributed by atoms with E-state index in [4.69, 9.17) is 30.8 Å². The summed E-state index contributed by atoms with van der Waals surface area (Å²) < 4.78 is 20.0. The Kier molecular flexibility index (Phi) is 9.53. The number of fused-ring (bicyclic) bond motifs is 1. The number of methoxy groups -OCH3 is 1. The summed E-state index contributed by atoms with van der Waals surface area (Å²) >= 11 is 11.2. The van der Waals surface area contributed by atoms with Gasteiger partial charge in [-0.1, -0.05) is 102 Å². The van der Waals surface area contributed by atoms with Crippen molar-refractivity contribution in [1.82, 2.24) is 4.57 Å². The number of carbonyl (C=O) groups excluding carboxylic acids is 1. The van der Waals surface area contributed by atoms with Crippen molar-refractivity contribution < 1.29 is 19.0 Å². The number of halogens is 2. The van der Waals surface area contributed by atoms with Crippen molar-refractivity contribution in [3.8, 4) is 11.5 Å². The number of ether oxygens (including phenoxy) is 3. The van der Waals surface area contributed by atoms with E-state index < -0.39 is 12.0 Å². The van der Waals surface area contributed by atoms with Gasteiger partial charge in [-0.3, -0.25) is 9.36 Å². The molecule has 1 aromatic heterocycles. The first kappa shape index (κ1) is 31.5. The fraction of sp³-hybridized carbons (Fsp3) is 0.139. The van der Waals surface area contributed by atoms with E-state index in [0.717, 1.165) is 16.7 Å². The molecule has 46 heavy (non-hydrogen) atoms. The molecule has 0 bridgehead atoms. The fourth-order valence-corrected chi connectivity index (χ4v) is 7.04. The van der Waals surface area contributed by atoms with E-state index in [0.29, 0.717) is 47.2 Å².